The van der Waals surface area contributed by atoms with Crippen molar-refractivity contribution in [1.29, 1.82) is 0 Å². The molecule has 2 aromatic rings. The highest BCUT2D eigenvalue weighted by atomic mass is 32.2. The number of aryl methyl sites for hydroxylation is 2. The summed E-state index contributed by atoms with van der Waals surface area (Å²) in [5.41, 5.74) is 0.462. The molecular formula is C15H14F3N3O2S. The van der Waals surface area contributed by atoms with Gasteiger partial charge in [0.2, 0.25) is 5.91 Å². The molecule has 0 unspecified atom stereocenters. The van der Waals surface area contributed by atoms with Gasteiger partial charge in [0.25, 0.3) is 5.56 Å². The predicted octanol–water partition coefficient (Wildman–Crippen LogP) is 3.14. The molecule has 1 aromatic carbocycles. The normalized spacial score (nSPS) is 11.4. The predicted molar refractivity (Wildman–Crippen MR) is 85.1 cm³/mol. The van der Waals surface area contributed by atoms with Crippen LogP contribution in [0.15, 0.2) is 34.2 Å². The number of nitrogens with zero attached hydrogens (tertiary/aromatic N) is 1. The topological polar surface area (TPSA) is 74.8 Å². The number of thioether (sulfide) groups is 1. The zero-order valence-corrected chi connectivity index (χ0v) is 13.6. The molecule has 0 spiro atoms. The minimum Gasteiger partial charge on any atom is -0.325 e. The van der Waals surface area contributed by atoms with Crippen molar-refractivity contribution in [2.45, 2.75) is 25.2 Å². The minimum absolute atomic E-state index is 0.183. The van der Waals surface area contributed by atoms with E-state index >= 15 is 0 Å². The Bertz CT molecular complexity index is 818. The molecule has 0 aliphatic rings. The van der Waals surface area contributed by atoms with Crippen LogP contribution in [-0.4, -0.2) is 21.6 Å². The molecule has 1 amide bonds. The lowest BCUT2D eigenvalue weighted by molar-refractivity contribution is -0.141. The van der Waals surface area contributed by atoms with Crippen LogP contribution in [0.1, 0.15) is 16.8 Å². The quantitative estimate of drug-likeness (QED) is 0.651. The van der Waals surface area contributed by atoms with E-state index in [1.165, 1.54) is 0 Å². The van der Waals surface area contributed by atoms with E-state index in [1.807, 2.05) is 19.9 Å². The Balaban J connectivity index is 2.02. The fourth-order valence-corrected chi connectivity index (χ4v) is 2.47. The number of aromatic amines is 1. The van der Waals surface area contributed by atoms with Crippen molar-refractivity contribution in [3.8, 4) is 0 Å². The smallest absolute Gasteiger partial charge is 0.325 e. The van der Waals surface area contributed by atoms with E-state index in [0.717, 1.165) is 22.9 Å². The lowest BCUT2D eigenvalue weighted by Crippen LogP contribution is -2.18. The van der Waals surface area contributed by atoms with Crippen molar-refractivity contribution in [3.05, 3.63) is 51.4 Å². The molecule has 0 atom stereocenters. The number of alkyl halides is 3. The van der Waals surface area contributed by atoms with Crippen molar-refractivity contribution in [2.75, 3.05) is 11.1 Å². The van der Waals surface area contributed by atoms with Crippen LogP contribution in [-0.2, 0) is 11.0 Å². The average molecular weight is 357 g/mol. The van der Waals surface area contributed by atoms with Gasteiger partial charge in [-0.25, -0.2) is 4.98 Å². The summed E-state index contributed by atoms with van der Waals surface area (Å²) < 4.78 is 37.8. The van der Waals surface area contributed by atoms with Crippen LogP contribution in [0, 0.1) is 13.8 Å². The van der Waals surface area contributed by atoms with E-state index in [0.29, 0.717) is 11.8 Å². The van der Waals surface area contributed by atoms with Crippen LogP contribution in [0.4, 0.5) is 18.9 Å². The van der Waals surface area contributed by atoms with E-state index in [9.17, 15) is 22.8 Å². The van der Waals surface area contributed by atoms with Gasteiger partial charge in [-0.2, -0.15) is 13.2 Å². The maximum absolute atomic E-state index is 12.6. The Labute approximate surface area is 139 Å². The summed E-state index contributed by atoms with van der Waals surface area (Å²) in [5, 5.41) is 2.38. The van der Waals surface area contributed by atoms with Crippen molar-refractivity contribution in [2.24, 2.45) is 0 Å². The summed E-state index contributed by atoms with van der Waals surface area (Å²) in [6.07, 6.45) is -4.72. The van der Waals surface area contributed by atoms with E-state index in [1.54, 1.807) is 12.1 Å². The van der Waals surface area contributed by atoms with Gasteiger partial charge in [-0.05, 0) is 37.1 Å². The second-order valence-electron chi connectivity index (χ2n) is 5.07. The monoisotopic (exact) mass is 357 g/mol. The molecule has 1 aromatic heterocycles. The molecule has 1 heterocycles. The molecule has 0 aliphatic carbocycles. The van der Waals surface area contributed by atoms with Gasteiger partial charge in [0, 0.05) is 11.8 Å². The van der Waals surface area contributed by atoms with Gasteiger partial charge in [-0.15, -0.1) is 0 Å². The van der Waals surface area contributed by atoms with Crippen molar-refractivity contribution in [1.82, 2.24) is 9.97 Å². The first-order valence-electron chi connectivity index (χ1n) is 6.83. The average Bonchev–Trinajstić information content (AvgIpc) is 2.47. The Morgan fingerprint density at radius 1 is 1.25 bits per heavy atom. The standard InChI is InChI=1S/C15H14F3N3O2S/c1-8-3-4-10(5-9(8)2)19-13(23)7-24-14-20-11(15(16,17)18)6-12(22)21-14/h3-6H,7H2,1-2H3,(H,19,23)(H,20,21,22). The molecule has 0 saturated heterocycles. The number of carbonyl (C=O) groups excluding carboxylic acids is 1. The maximum Gasteiger partial charge on any atom is 0.433 e. The second-order valence-corrected chi connectivity index (χ2v) is 6.03. The number of H-pyrrole nitrogens is 1. The number of amides is 1. The lowest BCUT2D eigenvalue weighted by atomic mass is 10.1. The molecule has 0 saturated carbocycles. The fraction of sp³-hybridized carbons (Fsp3) is 0.267. The van der Waals surface area contributed by atoms with E-state index in [4.69, 9.17) is 0 Å². The van der Waals surface area contributed by atoms with Crippen LogP contribution >= 0.6 is 11.8 Å². The molecule has 24 heavy (non-hydrogen) atoms. The number of halogens is 3. The number of hydrogen-bond acceptors (Lipinski definition) is 4. The molecule has 0 aliphatic heterocycles. The Hall–Kier alpha value is -2.29. The third-order valence-corrected chi connectivity index (χ3v) is 4.01. The number of rotatable bonds is 4. The molecule has 0 fully saturated rings. The number of anilines is 1. The van der Waals surface area contributed by atoms with Gasteiger partial charge in [0.1, 0.15) is 0 Å². The number of hydrogen-bond donors (Lipinski definition) is 2. The summed E-state index contributed by atoms with van der Waals surface area (Å²) in [5.74, 6) is -0.597. The minimum atomic E-state index is -4.72. The first kappa shape index (κ1) is 18.1. The third kappa shape index (κ3) is 4.85. The molecule has 128 valence electrons. The molecule has 9 heteroatoms. The van der Waals surface area contributed by atoms with E-state index < -0.39 is 23.3 Å². The van der Waals surface area contributed by atoms with Crippen molar-refractivity contribution in [3.63, 3.8) is 0 Å². The van der Waals surface area contributed by atoms with Crippen LogP contribution in [0.5, 0.6) is 0 Å². The first-order valence-corrected chi connectivity index (χ1v) is 7.82. The molecule has 0 bridgehead atoms. The molecule has 2 rings (SSSR count). The van der Waals surface area contributed by atoms with Gasteiger partial charge in [0.15, 0.2) is 10.9 Å². The number of benzene rings is 1. The SMILES string of the molecule is Cc1ccc(NC(=O)CSc2nc(C(F)(F)F)cc(=O)[nH]2)cc1C. The van der Waals surface area contributed by atoms with Crippen LogP contribution in [0.25, 0.3) is 0 Å². The number of nitrogens with one attached hydrogen (secondary N) is 2. The first-order chi connectivity index (χ1) is 11.1. The zero-order valence-electron chi connectivity index (χ0n) is 12.8. The fourth-order valence-electron chi connectivity index (χ4n) is 1.80. The summed E-state index contributed by atoms with van der Waals surface area (Å²) in [7, 11) is 0. The van der Waals surface area contributed by atoms with Gasteiger partial charge in [-0.3, -0.25) is 9.59 Å². The number of aromatic nitrogens is 2. The molecule has 2 N–H and O–H groups in total. The summed E-state index contributed by atoms with van der Waals surface area (Å²) in [6.45, 7) is 3.84. The van der Waals surface area contributed by atoms with E-state index in [2.05, 4.69) is 15.3 Å². The molecular weight excluding hydrogens is 343 g/mol. The summed E-state index contributed by atoms with van der Waals surface area (Å²) in [4.78, 5) is 28.6. The highest BCUT2D eigenvalue weighted by Gasteiger charge is 2.33. The van der Waals surface area contributed by atoms with Crippen molar-refractivity contribution >= 4 is 23.4 Å². The zero-order chi connectivity index (χ0) is 17.9. The van der Waals surface area contributed by atoms with Gasteiger partial charge < -0.3 is 10.3 Å². The van der Waals surface area contributed by atoms with Crippen LogP contribution < -0.4 is 10.9 Å². The number of carbonyl (C=O) groups is 1. The van der Waals surface area contributed by atoms with Crippen LogP contribution in [0.2, 0.25) is 0 Å². The van der Waals surface area contributed by atoms with Crippen LogP contribution in [0.3, 0.4) is 0 Å². The third-order valence-electron chi connectivity index (χ3n) is 3.14. The maximum atomic E-state index is 12.6. The Morgan fingerprint density at radius 3 is 2.58 bits per heavy atom. The summed E-state index contributed by atoms with van der Waals surface area (Å²) in [6, 6.07) is 5.75. The highest BCUT2D eigenvalue weighted by molar-refractivity contribution is 7.99. The van der Waals surface area contributed by atoms with Gasteiger partial charge >= 0.3 is 6.18 Å². The highest BCUT2D eigenvalue weighted by Crippen LogP contribution is 2.27. The Kier molecular flexibility index (Phi) is 5.33. The van der Waals surface area contributed by atoms with Gasteiger partial charge in [-0.1, -0.05) is 17.8 Å². The molecule has 5 nitrogen and oxygen atoms in total. The van der Waals surface area contributed by atoms with E-state index in [-0.39, 0.29) is 10.9 Å². The largest absolute Gasteiger partial charge is 0.433 e. The lowest BCUT2D eigenvalue weighted by Gasteiger charge is -2.08. The van der Waals surface area contributed by atoms with Gasteiger partial charge in [0.05, 0.1) is 5.75 Å². The van der Waals surface area contributed by atoms with Crippen molar-refractivity contribution < 1.29 is 18.0 Å². The Morgan fingerprint density at radius 2 is 1.96 bits per heavy atom. The summed E-state index contributed by atoms with van der Waals surface area (Å²) >= 11 is 0.721. The molecule has 0 radical (unpaired) electrons. The second kappa shape index (κ2) is 7.08.